The molecule has 10 heteroatoms. The van der Waals surface area contributed by atoms with Crippen LogP contribution in [0.25, 0.3) is 0 Å². The minimum atomic E-state index is -1.21. The maximum Gasteiger partial charge on any atom is 0.273 e. The minimum Gasteiger partial charge on any atom is -0.507 e. The highest BCUT2D eigenvalue weighted by Gasteiger charge is 2.28. The van der Waals surface area contributed by atoms with Gasteiger partial charge in [-0.3, -0.25) is 40.9 Å². The molecule has 10 nitrogen and oxygen atoms in total. The van der Waals surface area contributed by atoms with Crippen LogP contribution in [0.1, 0.15) is 130 Å². The van der Waals surface area contributed by atoms with E-state index >= 15 is 0 Å². The molecule has 0 aliphatic carbocycles. The van der Waals surface area contributed by atoms with E-state index in [1.807, 2.05) is 13.8 Å². The zero-order valence-electron chi connectivity index (χ0n) is 26.5. The highest BCUT2D eigenvalue weighted by molar-refractivity contribution is 6.04. The number of nitrogens with one attached hydrogen (secondary N) is 4. The van der Waals surface area contributed by atoms with Crippen molar-refractivity contribution in [3.05, 3.63) is 58.7 Å². The van der Waals surface area contributed by atoms with Gasteiger partial charge in [-0.05, 0) is 55.4 Å². The Kier molecular flexibility index (Phi) is 16.4. The number of aryl methyl sites for hydroxylation is 2. The highest BCUT2D eigenvalue weighted by Crippen LogP contribution is 2.24. The van der Waals surface area contributed by atoms with Gasteiger partial charge in [0.05, 0.1) is 11.1 Å². The first-order valence-electron chi connectivity index (χ1n) is 16.1. The number of carbonyl (C=O) groups is 4. The van der Waals surface area contributed by atoms with E-state index in [0.717, 1.165) is 57.8 Å². The van der Waals surface area contributed by atoms with Crippen molar-refractivity contribution in [1.29, 1.82) is 0 Å². The van der Waals surface area contributed by atoms with Gasteiger partial charge in [-0.2, -0.15) is 0 Å². The Labute approximate surface area is 261 Å². The molecule has 0 radical (unpaired) electrons. The third kappa shape index (κ3) is 11.5. The van der Waals surface area contributed by atoms with Crippen molar-refractivity contribution >= 4 is 23.6 Å². The summed E-state index contributed by atoms with van der Waals surface area (Å²) in [5.74, 6) is -4.48. The maximum atomic E-state index is 13.2. The number of rotatable bonds is 18. The number of hydrazine groups is 2. The number of hydrogen-bond donors (Lipinski definition) is 6. The summed E-state index contributed by atoms with van der Waals surface area (Å²) in [6, 6.07) is 9.64. The van der Waals surface area contributed by atoms with E-state index in [9.17, 15) is 29.4 Å². The number of amides is 4. The molecule has 2 aromatic carbocycles. The van der Waals surface area contributed by atoms with Crippen LogP contribution in [0.2, 0.25) is 0 Å². The van der Waals surface area contributed by atoms with Gasteiger partial charge in [-0.25, -0.2) is 0 Å². The van der Waals surface area contributed by atoms with Crippen LogP contribution in [0.3, 0.4) is 0 Å². The van der Waals surface area contributed by atoms with Crippen molar-refractivity contribution in [2.24, 2.45) is 5.92 Å². The van der Waals surface area contributed by atoms with E-state index in [1.54, 1.807) is 24.3 Å². The zero-order valence-corrected chi connectivity index (χ0v) is 26.5. The van der Waals surface area contributed by atoms with E-state index in [-0.39, 0.29) is 29.0 Å². The van der Waals surface area contributed by atoms with Crippen molar-refractivity contribution in [2.75, 3.05) is 0 Å². The van der Waals surface area contributed by atoms with Gasteiger partial charge in [0.25, 0.3) is 23.6 Å². The number of aromatic hydroxyl groups is 2. The van der Waals surface area contributed by atoms with Crippen LogP contribution >= 0.6 is 0 Å². The fraction of sp³-hybridized carbons (Fsp3) is 0.529. The highest BCUT2D eigenvalue weighted by atomic mass is 16.3. The Balaban J connectivity index is 2.10. The van der Waals surface area contributed by atoms with Crippen LogP contribution in [0.4, 0.5) is 0 Å². The molecular weight excluding hydrogens is 560 g/mol. The van der Waals surface area contributed by atoms with Crippen LogP contribution in [0, 0.1) is 5.92 Å². The number of unbranched alkanes of at least 4 members (excludes halogenated alkanes) is 8. The first kappa shape index (κ1) is 36.1. The van der Waals surface area contributed by atoms with Gasteiger partial charge in [0.2, 0.25) is 0 Å². The zero-order chi connectivity index (χ0) is 32.3. The molecule has 0 saturated carbocycles. The molecule has 2 rings (SSSR count). The second-order valence-corrected chi connectivity index (χ2v) is 11.2. The molecule has 0 bridgehead atoms. The summed E-state index contributed by atoms with van der Waals surface area (Å²) in [7, 11) is 0. The molecule has 44 heavy (non-hydrogen) atoms. The number of benzene rings is 2. The lowest BCUT2D eigenvalue weighted by molar-refractivity contribution is -0.136. The first-order valence-corrected chi connectivity index (χ1v) is 16.1. The largest absolute Gasteiger partial charge is 0.507 e. The quantitative estimate of drug-likeness (QED) is 0.0716. The lowest BCUT2D eigenvalue weighted by Crippen LogP contribution is -2.52. The molecule has 0 atom stereocenters. The lowest BCUT2D eigenvalue weighted by atomic mass is 9.98. The third-order valence-corrected chi connectivity index (χ3v) is 7.64. The molecule has 0 aromatic heterocycles. The second-order valence-electron chi connectivity index (χ2n) is 11.2. The molecule has 0 unspecified atom stereocenters. The summed E-state index contributed by atoms with van der Waals surface area (Å²) in [5.41, 5.74) is 10.8. The number of phenols is 2. The topological polar surface area (TPSA) is 157 Å². The first-order chi connectivity index (χ1) is 21.2. The minimum absolute atomic E-state index is 0.0724. The van der Waals surface area contributed by atoms with Crippen molar-refractivity contribution < 1.29 is 29.4 Å². The van der Waals surface area contributed by atoms with Crippen LogP contribution in [0.5, 0.6) is 11.5 Å². The van der Waals surface area contributed by atoms with Crippen molar-refractivity contribution in [3.63, 3.8) is 0 Å². The lowest BCUT2D eigenvalue weighted by Gasteiger charge is -2.19. The van der Waals surface area contributed by atoms with Crippen LogP contribution < -0.4 is 21.7 Å². The van der Waals surface area contributed by atoms with Crippen LogP contribution in [-0.2, 0) is 22.4 Å². The Morgan fingerprint density at radius 1 is 0.568 bits per heavy atom. The number of phenolic OH excluding ortho intramolecular Hbond substituents is 2. The normalized spacial score (nSPS) is 10.8. The Morgan fingerprint density at radius 2 is 0.977 bits per heavy atom. The molecule has 0 saturated heterocycles. The standard InChI is InChI=1S/C34H50N4O6/c1-4-7-10-11-12-13-14-21-26(31(41)35-37-33(43)29-24(17-8-5-2)19-15-22-27(29)39)32(42)36-38-34(44)30-25(18-9-6-3)20-16-23-28(30)40/h15-16,19-20,22-23,26,39-40H,4-14,17-18,21H2,1-3H3,(H,35,41)(H,36,42)(H,37,43)(H,38,44). The van der Waals surface area contributed by atoms with Gasteiger partial charge < -0.3 is 10.2 Å². The predicted molar refractivity (Wildman–Crippen MR) is 171 cm³/mol. The predicted octanol–water partition coefficient (Wildman–Crippen LogP) is 5.76. The number of hydrogen-bond acceptors (Lipinski definition) is 6. The Morgan fingerprint density at radius 3 is 1.41 bits per heavy atom. The molecule has 0 aliphatic rings. The summed E-state index contributed by atoms with van der Waals surface area (Å²) in [5, 5.41) is 20.7. The molecule has 0 fully saturated rings. The summed E-state index contributed by atoms with van der Waals surface area (Å²) >= 11 is 0. The fourth-order valence-electron chi connectivity index (χ4n) is 5.07. The summed E-state index contributed by atoms with van der Waals surface area (Å²) in [4.78, 5) is 52.4. The van der Waals surface area contributed by atoms with Gasteiger partial charge in [0, 0.05) is 0 Å². The van der Waals surface area contributed by atoms with Crippen molar-refractivity contribution in [3.8, 4) is 11.5 Å². The molecule has 6 N–H and O–H groups in total. The summed E-state index contributed by atoms with van der Waals surface area (Å²) in [6.45, 7) is 6.20. The molecular formula is C34H50N4O6. The SMILES string of the molecule is CCCCCCCCCC(C(=O)NNC(=O)c1c(O)cccc1CCCC)C(=O)NNC(=O)c1c(O)cccc1CCCC. The van der Waals surface area contributed by atoms with Crippen LogP contribution in [0.15, 0.2) is 36.4 Å². The summed E-state index contributed by atoms with van der Waals surface area (Å²) < 4.78 is 0. The van der Waals surface area contributed by atoms with E-state index in [1.165, 1.54) is 18.6 Å². The maximum absolute atomic E-state index is 13.2. The van der Waals surface area contributed by atoms with E-state index in [4.69, 9.17) is 0 Å². The third-order valence-electron chi connectivity index (χ3n) is 7.64. The molecule has 0 aliphatic heterocycles. The van der Waals surface area contributed by atoms with Gasteiger partial charge in [-0.1, -0.05) is 103 Å². The molecule has 0 spiro atoms. The Bertz CT molecular complexity index is 1150. The monoisotopic (exact) mass is 610 g/mol. The van der Waals surface area contributed by atoms with Crippen LogP contribution in [-0.4, -0.2) is 33.8 Å². The molecule has 0 heterocycles. The second kappa shape index (κ2) is 20.0. The molecule has 4 amide bonds. The average Bonchev–Trinajstić information content (AvgIpc) is 3.01. The van der Waals surface area contributed by atoms with E-state index < -0.39 is 29.5 Å². The van der Waals surface area contributed by atoms with Gasteiger partial charge in [-0.15, -0.1) is 0 Å². The smallest absolute Gasteiger partial charge is 0.273 e. The molecule has 2 aromatic rings. The van der Waals surface area contributed by atoms with Crippen molar-refractivity contribution in [1.82, 2.24) is 21.7 Å². The fourth-order valence-corrected chi connectivity index (χ4v) is 5.07. The van der Waals surface area contributed by atoms with Gasteiger partial charge in [0.15, 0.2) is 0 Å². The summed E-state index contributed by atoms with van der Waals surface area (Å²) in [6.07, 6.45) is 11.8. The Hall–Kier alpha value is -4.08. The van der Waals surface area contributed by atoms with Gasteiger partial charge in [0.1, 0.15) is 17.4 Å². The number of carbonyl (C=O) groups excluding carboxylic acids is 4. The molecule has 242 valence electrons. The van der Waals surface area contributed by atoms with Crippen molar-refractivity contribution in [2.45, 2.75) is 111 Å². The van der Waals surface area contributed by atoms with E-state index in [2.05, 4.69) is 28.6 Å². The van der Waals surface area contributed by atoms with E-state index in [0.29, 0.717) is 30.4 Å². The van der Waals surface area contributed by atoms with Gasteiger partial charge >= 0.3 is 0 Å². The average molecular weight is 611 g/mol.